The van der Waals surface area contributed by atoms with Gasteiger partial charge in [0.1, 0.15) is 12.1 Å². The number of benzene rings is 1. The van der Waals surface area contributed by atoms with Gasteiger partial charge in [-0.1, -0.05) is 6.07 Å². The van der Waals surface area contributed by atoms with E-state index < -0.39 is 0 Å². The van der Waals surface area contributed by atoms with E-state index >= 15 is 0 Å². The van der Waals surface area contributed by atoms with Crippen LogP contribution in [0.15, 0.2) is 23.1 Å². The minimum Gasteiger partial charge on any atom is -0.377 e. The van der Waals surface area contributed by atoms with Crippen molar-refractivity contribution in [3.05, 3.63) is 23.8 Å². The van der Waals surface area contributed by atoms with Crippen molar-refractivity contribution in [3.63, 3.8) is 0 Å². The average Bonchev–Trinajstić information content (AvgIpc) is 2.54. The van der Waals surface area contributed by atoms with Crippen molar-refractivity contribution < 1.29 is 9.53 Å². The zero-order valence-electron chi connectivity index (χ0n) is 12.3. The zero-order chi connectivity index (χ0) is 15.2. The first-order valence-electron chi connectivity index (χ1n) is 6.92. The first-order chi connectivity index (χ1) is 10.2. The number of hydrogen-bond donors (Lipinski definition) is 1. The van der Waals surface area contributed by atoms with Crippen molar-refractivity contribution in [1.29, 1.82) is 5.26 Å². The lowest BCUT2D eigenvalue weighted by molar-refractivity contribution is -0.124. The molecule has 1 aromatic rings. The van der Waals surface area contributed by atoms with Crippen LogP contribution < -0.4 is 10.2 Å². The van der Waals surface area contributed by atoms with Crippen molar-refractivity contribution in [2.45, 2.75) is 17.9 Å². The van der Waals surface area contributed by atoms with Gasteiger partial charge in [-0.25, -0.2) is 0 Å². The second kappa shape index (κ2) is 7.34. The normalized spacial score (nSPS) is 18.1. The number of carbonyl (C=O) groups is 1. The van der Waals surface area contributed by atoms with Crippen LogP contribution in [0.1, 0.15) is 12.5 Å². The number of nitrogens with zero attached hydrogens (tertiary/aromatic N) is 2. The highest BCUT2D eigenvalue weighted by molar-refractivity contribution is 7.98. The van der Waals surface area contributed by atoms with Crippen LogP contribution >= 0.6 is 11.8 Å². The Morgan fingerprint density at radius 1 is 1.62 bits per heavy atom. The third-order valence-corrected chi connectivity index (χ3v) is 4.21. The van der Waals surface area contributed by atoms with E-state index in [-0.39, 0.29) is 11.9 Å². The standard InChI is InChI=1S/C15H19N3O2S/c1-3-17-15(19)13-10-20-8-7-18(13)12-5-4-6-14(21-2)11(12)9-16/h4-6,13H,3,7-8,10H2,1-2H3,(H,17,19). The molecule has 0 aromatic heterocycles. The summed E-state index contributed by atoms with van der Waals surface area (Å²) in [5.41, 5.74) is 1.44. The van der Waals surface area contributed by atoms with Crippen LogP contribution in [0.3, 0.4) is 0 Å². The molecule has 1 N–H and O–H groups in total. The second-order valence-corrected chi connectivity index (χ2v) is 5.49. The number of thioether (sulfide) groups is 1. The molecule has 21 heavy (non-hydrogen) atoms. The number of nitrogens with one attached hydrogen (secondary N) is 1. The molecule has 1 aromatic carbocycles. The number of rotatable bonds is 4. The number of amides is 1. The zero-order valence-corrected chi connectivity index (χ0v) is 13.1. The number of likely N-dealkylation sites (N-methyl/N-ethyl adjacent to an activating group) is 1. The molecule has 0 bridgehead atoms. The molecule has 1 aliphatic rings. The Hall–Kier alpha value is -1.71. The third kappa shape index (κ3) is 3.31. The first-order valence-corrected chi connectivity index (χ1v) is 8.14. The molecule has 2 rings (SSSR count). The van der Waals surface area contributed by atoms with Crippen LogP contribution in [0.4, 0.5) is 5.69 Å². The molecular weight excluding hydrogens is 286 g/mol. The molecule has 1 unspecified atom stereocenters. The van der Waals surface area contributed by atoms with Gasteiger partial charge in [-0.2, -0.15) is 5.26 Å². The van der Waals surface area contributed by atoms with Gasteiger partial charge < -0.3 is 15.0 Å². The van der Waals surface area contributed by atoms with Crippen molar-refractivity contribution in [3.8, 4) is 6.07 Å². The fourth-order valence-corrected chi connectivity index (χ4v) is 3.01. The molecule has 1 heterocycles. The summed E-state index contributed by atoms with van der Waals surface area (Å²) in [5, 5.41) is 12.3. The molecule has 6 heteroatoms. The SMILES string of the molecule is CCNC(=O)C1COCCN1c1cccc(SC)c1C#N. The van der Waals surface area contributed by atoms with Gasteiger partial charge in [0.25, 0.3) is 0 Å². The summed E-state index contributed by atoms with van der Waals surface area (Å²) in [7, 11) is 0. The van der Waals surface area contributed by atoms with E-state index in [9.17, 15) is 10.1 Å². The summed E-state index contributed by atoms with van der Waals surface area (Å²) in [6.07, 6.45) is 1.94. The van der Waals surface area contributed by atoms with Gasteiger partial charge in [0, 0.05) is 18.0 Å². The molecular formula is C15H19N3O2S. The van der Waals surface area contributed by atoms with Crippen LogP contribution in [0.2, 0.25) is 0 Å². The van der Waals surface area contributed by atoms with E-state index in [1.165, 1.54) is 11.8 Å². The molecule has 0 radical (unpaired) electrons. The van der Waals surface area contributed by atoms with Crippen LogP contribution in [0.5, 0.6) is 0 Å². The van der Waals surface area contributed by atoms with Gasteiger partial charge in [0.05, 0.1) is 24.5 Å². The molecule has 1 amide bonds. The molecule has 1 fully saturated rings. The maximum absolute atomic E-state index is 12.2. The van der Waals surface area contributed by atoms with Crippen molar-refractivity contribution in [1.82, 2.24) is 5.32 Å². The number of carbonyl (C=O) groups excluding carboxylic acids is 1. The minimum absolute atomic E-state index is 0.0596. The molecule has 5 nitrogen and oxygen atoms in total. The first kappa shape index (κ1) is 15.7. The predicted octanol–water partition coefficient (Wildman–Crippen LogP) is 1.62. The highest BCUT2D eigenvalue weighted by Gasteiger charge is 2.31. The van der Waals surface area contributed by atoms with Gasteiger partial charge in [0.15, 0.2) is 0 Å². The number of hydrogen-bond acceptors (Lipinski definition) is 5. The number of anilines is 1. The monoisotopic (exact) mass is 305 g/mol. The summed E-state index contributed by atoms with van der Waals surface area (Å²) in [6, 6.07) is 7.63. The second-order valence-electron chi connectivity index (χ2n) is 4.64. The summed E-state index contributed by atoms with van der Waals surface area (Å²) < 4.78 is 5.44. The largest absolute Gasteiger partial charge is 0.377 e. The van der Waals surface area contributed by atoms with Crippen molar-refractivity contribution >= 4 is 23.4 Å². The van der Waals surface area contributed by atoms with Crippen molar-refractivity contribution in [2.75, 3.05) is 37.5 Å². The lowest BCUT2D eigenvalue weighted by atomic mass is 10.1. The highest BCUT2D eigenvalue weighted by atomic mass is 32.2. The lowest BCUT2D eigenvalue weighted by Gasteiger charge is -2.36. The fraction of sp³-hybridized carbons (Fsp3) is 0.467. The number of morpholine rings is 1. The Labute approximate surface area is 129 Å². The van der Waals surface area contributed by atoms with Crippen LogP contribution in [-0.2, 0) is 9.53 Å². The summed E-state index contributed by atoms with van der Waals surface area (Å²) in [5.74, 6) is -0.0596. The average molecular weight is 305 g/mol. The summed E-state index contributed by atoms with van der Waals surface area (Å²) in [4.78, 5) is 15.1. The smallest absolute Gasteiger partial charge is 0.245 e. The highest BCUT2D eigenvalue weighted by Crippen LogP contribution is 2.31. The molecule has 0 saturated carbocycles. The van der Waals surface area contributed by atoms with E-state index in [4.69, 9.17) is 4.74 Å². The van der Waals surface area contributed by atoms with Gasteiger partial charge in [-0.3, -0.25) is 4.79 Å². The van der Waals surface area contributed by atoms with Gasteiger partial charge in [-0.05, 0) is 25.3 Å². The summed E-state index contributed by atoms with van der Waals surface area (Å²) in [6.45, 7) is 3.99. The quantitative estimate of drug-likeness (QED) is 0.856. The lowest BCUT2D eigenvalue weighted by Crippen LogP contribution is -2.54. The topological polar surface area (TPSA) is 65.4 Å². The van der Waals surface area contributed by atoms with E-state index in [1.807, 2.05) is 36.3 Å². The van der Waals surface area contributed by atoms with Crippen molar-refractivity contribution in [2.24, 2.45) is 0 Å². The number of nitriles is 1. The van der Waals surface area contributed by atoms with Gasteiger partial charge in [0.2, 0.25) is 5.91 Å². The van der Waals surface area contributed by atoms with Crippen LogP contribution in [0, 0.1) is 11.3 Å². The van der Waals surface area contributed by atoms with Crippen LogP contribution in [0.25, 0.3) is 0 Å². The Bertz CT molecular complexity index is 556. The molecule has 0 aliphatic carbocycles. The molecule has 1 aliphatic heterocycles. The van der Waals surface area contributed by atoms with Gasteiger partial charge >= 0.3 is 0 Å². The predicted molar refractivity (Wildman–Crippen MR) is 83.6 cm³/mol. The van der Waals surface area contributed by atoms with E-state index in [0.717, 1.165) is 10.6 Å². The maximum atomic E-state index is 12.2. The van der Waals surface area contributed by atoms with E-state index in [2.05, 4.69) is 11.4 Å². The third-order valence-electron chi connectivity index (χ3n) is 3.43. The molecule has 0 spiro atoms. The van der Waals surface area contributed by atoms with Gasteiger partial charge in [-0.15, -0.1) is 11.8 Å². The number of ether oxygens (including phenoxy) is 1. The van der Waals surface area contributed by atoms with E-state index in [0.29, 0.717) is 31.9 Å². The molecule has 1 saturated heterocycles. The van der Waals surface area contributed by atoms with Crippen LogP contribution in [-0.4, -0.2) is 44.5 Å². The Balaban J connectivity index is 2.38. The Morgan fingerprint density at radius 2 is 2.43 bits per heavy atom. The molecule has 112 valence electrons. The van der Waals surface area contributed by atoms with E-state index in [1.54, 1.807) is 0 Å². The Morgan fingerprint density at radius 3 is 3.10 bits per heavy atom. The maximum Gasteiger partial charge on any atom is 0.245 e. The summed E-state index contributed by atoms with van der Waals surface area (Å²) >= 11 is 1.54. The minimum atomic E-state index is -0.386. The fourth-order valence-electron chi connectivity index (χ4n) is 2.44. The Kier molecular flexibility index (Phi) is 5.48. The molecule has 1 atom stereocenters.